The minimum atomic E-state index is -0.850. The molecule has 116 valence electrons. The number of rotatable bonds is 9. The summed E-state index contributed by atoms with van der Waals surface area (Å²) in [5, 5.41) is 11.1. The van der Waals surface area contributed by atoms with Gasteiger partial charge in [0.2, 0.25) is 5.91 Å². The van der Waals surface area contributed by atoms with Gasteiger partial charge in [-0.15, -0.1) is 0 Å². The number of carboxylic acids is 1. The molecule has 0 aromatic heterocycles. The molecule has 0 fully saturated rings. The van der Waals surface area contributed by atoms with E-state index in [9.17, 15) is 9.59 Å². The molecule has 2 N–H and O–H groups in total. The first-order chi connectivity index (χ1) is 9.99. The Labute approximate surface area is 125 Å². The van der Waals surface area contributed by atoms with Crippen LogP contribution in [0.1, 0.15) is 44.6 Å². The summed E-state index contributed by atoms with van der Waals surface area (Å²) in [6.07, 6.45) is 0.774. The molecule has 0 radical (unpaired) electrons. The van der Waals surface area contributed by atoms with Crippen molar-refractivity contribution in [2.75, 3.05) is 13.2 Å². The Hall–Kier alpha value is -2.04. The van der Waals surface area contributed by atoms with Crippen LogP contribution in [0.15, 0.2) is 24.3 Å². The molecule has 1 amide bonds. The molecule has 0 saturated heterocycles. The van der Waals surface area contributed by atoms with Crippen LogP contribution in [-0.2, 0) is 9.59 Å². The van der Waals surface area contributed by atoms with Crippen molar-refractivity contribution in [3.8, 4) is 5.75 Å². The maximum Gasteiger partial charge on any atom is 0.303 e. The van der Waals surface area contributed by atoms with Crippen molar-refractivity contribution in [1.82, 2.24) is 5.32 Å². The Morgan fingerprint density at radius 1 is 1.19 bits per heavy atom. The van der Waals surface area contributed by atoms with Gasteiger partial charge in [0.15, 0.2) is 0 Å². The van der Waals surface area contributed by atoms with Crippen molar-refractivity contribution in [3.05, 3.63) is 29.8 Å². The van der Waals surface area contributed by atoms with Gasteiger partial charge in [0.25, 0.3) is 0 Å². The van der Waals surface area contributed by atoms with E-state index in [4.69, 9.17) is 9.84 Å². The number of hydrogen-bond donors (Lipinski definition) is 2. The van der Waals surface area contributed by atoms with Crippen molar-refractivity contribution < 1.29 is 19.4 Å². The van der Waals surface area contributed by atoms with Gasteiger partial charge in [-0.25, -0.2) is 0 Å². The highest BCUT2D eigenvalue weighted by Crippen LogP contribution is 2.18. The van der Waals surface area contributed by atoms with Gasteiger partial charge in [-0.1, -0.05) is 26.0 Å². The molecular weight excluding hydrogens is 270 g/mol. The Morgan fingerprint density at radius 2 is 1.86 bits per heavy atom. The topological polar surface area (TPSA) is 75.6 Å². The highest BCUT2D eigenvalue weighted by atomic mass is 16.5. The fourth-order valence-corrected chi connectivity index (χ4v) is 1.77. The largest absolute Gasteiger partial charge is 0.493 e. The fourth-order valence-electron chi connectivity index (χ4n) is 1.77. The standard InChI is InChI=1S/C16H23NO4/c1-12(2)13-5-7-14(8-6-13)21-11-9-15(18)17-10-3-4-16(19)20/h5-8,12H,3-4,9-11H2,1-2H3,(H,17,18)(H,19,20). The van der Waals surface area contributed by atoms with Crippen LogP contribution in [0, 0.1) is 0 Å². The molecule has 0 heterocycles. The summed E-state index contributed by atoms with van der Waals surface area (Å²) in [4.78, 5) is 21.8. The molecule has 0 aliphatic rings. The summed E-state index contributed by atoms with van der Waals surface area (Å²) < 4.78 is 5.50. The van der Waals surface area contributed by atoms with Crippen LogP contribution in [0.3, 0.4) is 0 Å². The molecule has 0 spiro atoms. The number of carbonyl (C=O) groups is 2. The van der Waals surface area contributed by atoms with Crippen LogP contribution >= 0.6 is 0 Å². The summed E-state index contributed by atoms with van der Waals surface area (Å²) in [5.74, 6) is 0.255. The Balaban J connectivity index is 2.17. The number of nitrogens with one attached hydrogen (secondary N) is 1. The second-order valence-electron chi connectivity index (χ2n) is 5.17. The molecular formula is C16H23NO4. The maximum atomic E-state index is 11.5. The number of amides is 1. The van der Waals surface area contributed by atoms with Gasteiger partial charge in [0.05, 0.1) is 13.0 Å². The molecule has 5 heteroatoms. The summed E-state index contributed by atoms with van der Waals surface area (Å²) in [6.45, 7) is 4.95. The van der Waals surface area contributed by atoms with E-state index in [2.05, 4.69) is 19.2 Å². The smallest absolute Gasteiger partial charge is 0.303 e. The highest BCUT2D eigenvalue weighted by molar-refractivity contribution is 5.76. The van der Waals surface area contributed by atoms with E-state index in [0.717, 1.165) is 5.75 Å². The van der Waals surface area contributed by atoms with Gasteiger partial charge in [0, 0.05) is 13.0 Å². The predicted molar refractivity (Wildman–Crippen MR) is 80.5 cm³/mol. The molecule has 0 saturated carbocycles. The SMILES string of the molecule is CC(C)c1ccc(OCCC(=O)NCCCC(=O)O)cc1. The van der Waals surface area contributed by atoms with E-state index in [1.807, 2.05) is 24.3 Å². The lowest BCUT2D eigenvalue weighted by Gasteiger charge is -2.09. The van der Waals surface area contributed by atoms with Gasteiger partial charge in [-0.2, -0.15) is 0 Å². The average Bonchev–Trinajstić information content (AvgIpc) is 2.44. The normalized spacial score (nSPS) is 10.4. The Bertz CT molecular complexity index is 454. The molecule has 0 atom stereocenters. The van der Waals surface area contributed by atoms with Crippen LogP contribution in [0.4, 0.5) is 0 Å². The lowest BCUT2D eigenvalue weighted by molar-refractivity contribution is -0.137. The number of ether oxygens (including phenoxy) is 1. The first-order valence-electron chi connectivity index (χ1n) is 7.20. The van der Waals surface area contributed by atoms with Crippen LogP contribution in [0.5, 0.6) is 5.75 Å². The predicted octanol–water partition coefficient (Wildman–Crippen LogP) is 2.56. The molecule has 5 nitrogen and oxygen atoms in total. The summed E-state index contributed by atoms with van der Waals surface area (Å²) in [5.41, 5.74) is 1.25. The summed E-state index contributed by atoms with van der Waals surface area (Å²) in [6, 6.07) is 7.85. The zero-order valence-corrected chi connectivity index (χ0v) is 12.6. The first kappa shape index (κ1) is 17.0. The van der Waals surface area contributed by atoms with E-state index in [0.29, 0.717) is 25.5 Å². The second-order valence-corrected chi connectivity index (χ2v) is 5.17. The number of benzene rings is 1. The zero-order chi connectivity index (χ0) is 15.7. The zero-order valence-electron chi connectivity index (χ0n) is 12.6. The van der Waals surface area contributed by atoms with Crippen molar-refractivity contribution in [1.29, 1.82) is 0 Å². The van der Waals surface area contributed by atoms with Crippen molar-refractivity contribution in [2.45, 2.75) is 39.0 Å². The molecule has 0 unspecified atom stereocenters. The van der Waals surface area contributed by atoms with Crippen molar-refractivity contribution >= 4 is 11.9 Å². The third kappa shape index (κ3) is 7.34. The highest BCUT2D eigenvalue weighted by Gasteiger charge is 2.03. The molecule has 1 rings (SSSR count). The number of carbonyl (C=O) groups excluding carboxylic acids is 1. The van der Waals surface area contributed by atoms with Crippen LogP contribution in [0.25, 0.3) is 0 Å². The molecule has 1 aromatic carbocycles. The lowest BCUT2D eigenvalue weighted by atomic mass is 10.0. The lowest BCUT2D eigenvalue weighted by Crippen LogP contribution is -2.26. The minimum absolute atomic E-state index is 0.0684. The van der Waals surface area contributed by atoms with Crippen LogP contribution < -0.4 is 10.1 Å². The van der Waals surface area contributed by atoms with Gasteiger partial charge in [-0.3, -0.25) is 9.59 Å². The van der Waals surface area contributed by atoms with E-state index in [1.54, 1.807) is 0 Å². The Morgan fingerprint density at radius 3 is 2.43 bits per heavy atom. The third-order valence-electron chi connectivity index (χ3n) is 3.03. The van der Waals surface area contributed by atoms with Crippen molar-refractivity contribution in [2.24, 2.45) is 0 Å². The quantitative estimate of drug-likeness (QED) is 0.686. The van der Waals surface area contributed by atoms with Gasteiger partial charge in [0.1, 0.15) is 5.75 Å². The minimum Gasteiger partial charge on any atom is -0.493 e. The van der Waals surface area contributed by atoms with Crippen LogP contribution in [0.2, 0.25) is 0 Å². The van der Waals surface area contributed by atoms with Crippen LogP contribution in [-0.4, -0.2) is 30.1 Å². The molecule has 0 aliphatic heterocycles. The second kappa shape index (κ2) is 9.00. The van der Waals surface area contributed by atoms with Crippen molar-refractivity contribution in [3.63, 3.8) is 0 Å². The van der Waals surface area contributed by atoms with Gasteiger partial charge < -0.3 is 15.2 Å². The Kier molecular flexibility index (Phi) is 7.29. The number of aliphatic carboxylic acids is 1. The third-order valence-corrected chi connectivity index (χ3v) is 3.03. The number of carboxylic acid groups (broad SMARTS) is 1. The monoisotopic (exact) mass is 293 g/mol. The summed E-state index contributed by atoms with van der Waals surface area (Å²) >= 11 is 0. The van der Waals surface area contributed by atoms with E-state index < -0.39 is 5.97 Å². The number of hydrogen-bond acceptors (Lipinski definition) is 3. The van der Waals surface area contributed by atoms with E-state index in [1.165, 1.54) is 5.56 Å². The fraction of sp³-hybridized carbons (Fsp3) is 0.500. The molecule has 0 aliphatic carbocycles. The molecule has 1 aromatic rings. The average molecular weight is 293 g/mol. The van der Waals surface area contributed by atoms with Gasteiger partial charge in [-0.05, 0) is 30.0 Å². The maximum absolute atomic E-state index is 11.5. The van der Waals surface area contributed by atoms with E-state index >= 15 is 0 Å². The first-order valence-corrected chi connectivity index (χ1v) is 7.20. The summed E-state index contributed by atoms with van der Waals surface area (Å²) in [7, 11) is 0. The molecule has 0 bridgehead atoms. The molecule has 21 heavy (non-hydrogen) atoms. The van der Waals surface area contributed by atoms with Gasteiger partial charge >= 0.3 is 5.97 Å². The van der Waals surface area contributed by atoms with E-state index in [-0.39, 0.29) is 18.7 Å².